The predicted octanol–water partition coefficient (Wildman–Crippen LogP) is 2.86. The van der Waals surface area contributed by atoms with Crippen molar-refractivity contribution in [2.45, 2.75) is 31.8 Å². The quantitative estimate of drug-likeness (QED) is 0.776. The summed E-state index contributed by atoms with van der Waals surface area (Å²) in [6.45, 7) is 1.66. The number of aromatic nitrogens is 3. The van der Waals surface area contributed by atoms with Crippen LogP contribution >= 0.6 is 0 Å². The minimum absolute atomic E-state index is 0.109. The highest BCUT2D eigenvalue weighted by Crippen LogP contribution is 2.26. The maximum absolute atomic E-state index is 11.1. The van der Waals surface area contributed by atoms with Gasteiger partial charge in [0.2, 0.25) is 0 Å². The molecule has 3 aromatic rings. The number of carboxylic acids is 1. The lowest BCUT2D eigenvalue weighted by Gasteiger charge is -2.24. The fourth-order valence-electron chi connectivity index (χ4n) is 3.65. The van der Waals surface area contributed by atoms with Crippen molar-refractivity contribution in [2.24, 2.45) is 0 Å². The molecule has 25 heavy (non-hydrogen) atoms. The Hall–Kier alpha value is -2.73. The third-order valence-electron chi connectivity index (χ3n) is 4.85. The van der Waals surface area contributed by atoms with Gasteiger partial charge < -0.3 is 5.11 Å². The number of nitrogens with zero attached hydrogens (tertiary/aromatic N) is 4. The molecule has 6 heteroatoms. The summed E-state index contributed by atoms with van der Waals surface area (Å²) in [6, 6.07) is 16.1. The van der Waals surface area contributed by atoms with Crippen LogP contribution in [0.2, 0.25) is 0 Å². The highest BCUT2D eigenvalue weighted by atomic mass is 16.4. The van der Waals surface area contributed by atoms with Gasteiger partial charge in [0.1, 0.15) is 5.52 Å². The van der Waals surface area contributed by atoms with Gasteiger partial charge in [0.15, 0.2) is 0 Å². The van der Waals surface area contributed by atoms with E-state index in [0.29, 0.717) is 0 Å². The summed E-state index contributed by atoms with van der Waals surface area (Å²) >= 11 is 0. The zero-order valence-electron chi connectivity index (χ0n) is 13.9. The molecule has 1 aromatic heterocycles. The molecule has 0 amide bonds. The first-order valence-corrected chi connectivity index (χ1v) is 8.57. The van der Waals surface area contributed by atoms with E-state index in [4.69, 9.17) is 5.11 Å². The van der Waals surface area contributed by atoms with Crippen LogP contribution in [-0.4, -0.2) is 43.6 Å². The predicted molar refractivity (Wildman–Crippen MR) is 94.5 cm³/mol. The van der Waals surface area contributed by atoms with Gasteiger partial charge in [0.25, 0.3) is 0 Å². The summed E-state index contributed by atoms with van der Waals surface area (Å²) in [5, 5.41) is 17.7. The maximum atomic E-state index is 11.1. The van der Waals surface area contributed by atoms with Gasteiger partial charge in [-0.15, -0.1) is 5.10 Å². The van der Waals surface area contributed by atoms with E-state index in [2.05, 4.69) is 21.3 Å². The van der Waals surface area contributed by atoms with Crippen molar-refractivity contribution in [1.82, 2.24) is 19.9 Å². The molecular formula is C19H20N4O2. The number of carbonyl (C=O) groups is 1. The van der Waals surface area contributed by atoms with E-state index in [-0.39, 0.29) is 12.5 Å². The van der Waals surface area contributed by atoms with Crippen molar-refractivity contribution in [3.63, 3.8) is 0 Å². The van der Waals surface area contributed by atoms with Crippen LogP contribution in [-0.2, 0) is 11.3 Å². The smallest absolute Gasteiger partial charge is 0.304 e. The Labute approximate surface area is 145 Å². The summed E-state index contributed by atoms with van der Waals surface area (Å²) < 4.78 is 1.87. The molecule has 2 aromatic carbocycles. The number of para-hydroxylation sites is 2. The van der Waals surface area contributed by atoms with Gasteiger partial charge in [-0.05, 0) is 43.1 Å². The second-order valence-corrected chi connectivity index (χ2v) is 6.48. The van der Waals surface area contributed by atoms with E-state index in [0.717, 1.165) is 48.2 Å². The molecule has 1 atom stereocenters. The van der Waals surface area contributed by atoms with Gasteiger partial charge in [-0.3, -0.25) is 9.69 Å². The zero-order chi connectivity index (χ0) is 17.2. The molecule has 1 aliphatic heterocycles. The SMILES string of the molecule is O=C(O)CC1CCCN1Cc1ccccc1-n1nnc2ccccc21. The molecular weight excluding hydrogens is 316 g/mol. The van der Waals surface area contributed by atoms with Crippen LogP contribution in [0.4, 0.5) is 0 Å². The average Bonchev–Trinajstić information content (AvgIpc) is 3.22. The average molecular weight is 336 g/mol. The van der Waals surface area contributed by atoms with Crippen LogP contribution in [0, 0.1) is 0 Å². The number of benzene rings is 2. The van der Waals surface area contributed by atoms with Crippen molar-refractivity contribution < 1.29 is 9.90 Å². The first-order valence-electron chi connectivity index (χ1n) is 8.57. The van der Waals surface area contributed by atoms with Crippen molar-refractivity contribution >= 4 is 17.0 Å². The van der Waals surface area contributed by atoms with E-state index in [1.807, 2.05) is 47.1 Å². The largest absolute Gasteiger partial charge is 0.481 e. The lowest BCUT2D eigenvalue weighted by Crippen LogP contribution is -2.31. The van der Waals surface area contributed by atoms with Crippen molar-refractivity contribution in [3.8, 4) is 5.69 Å². The lowest BCUT2D eigenvalue weighted by molar-refractivity contribution is -0.138. The first-order chi connectivity index (χ1) is 12.2. The zero-order valence-corrected chi connectivity index (χ0v) is 13.9. The van der Waals surface area contributed by atoms with Gasteiger partial charge >= 0.3 is 5.97 Å². The molecule has 0 radical (unpaired) electrons. The molecule has 1 N–H and O–H groups in total. The van der Waals surface area contributed by atoms with E-state index in [9.17, 15) is 4.79 Å². The fourth-order valence-corrected chi connectivity index (χ4v) is 3.65. The number of likely N-dealkylation sites (tertiary alicyclic amines) is 1. The molecule has 1 unspecified atom stereocenters. The van der Waals surface area contributed by atoms with Crippen molar-refractivity contribution in [2.75, 3.05) is 6.54 Å². The van der Waals surface area contributed by atoms with Gasteiger partial charge in [-0.25, -0.2) is 4.68 Å². The Morgan fingerprint density at radius 1 is 1.16 bits per heavy atom. The minimum atomic E-state index is -0.729. The topological polar surface area (TPSA) is 71.2 Å². The Morgan fingerprint density at radius 3 is 2.84 bits per heavy atom. The number of hydrogen-bond donors (Lipinski definition) is 1. The Morgan fingerprint density at radius 2 is 1.96 bits per heavy atom. The number of hydrogen-bond acceptors (Lipinski definition) is 4. The van der Waals surface area contributed by atoms with Gasteiger partial charge in [-0.1, -0.05) is 35.5 Å². The number of aliphatic carboxylic acids is 1. The Kier molecular flexibility index (Phi) is 4.19. The number of carboxylic acid groups (broad SMARTS) is 1. The van der Waals surface area contributed by atoms with Gasteiger partial charge in [0.05, 0.1) is 17.6 Å². The summed E-state index contributed by atoms with van der Waals surface area (Å²) in [4.78, 5) is 13.4. The fraction of sp³-hybridized carbons (Fsp3) is 0.316. The van der Waals surface area contributed by atoms with Crippen LogP contribution in [0.3, 0.4) is 0 Å². The Bertz CT molecular complexity index is 905. The van der Waals surface area contributed by atoms with Gasteiger partial charge in [0, 0.05) is 12.6 Å². The van der Waals surface area contributed by atoms with E-state index < -0.39 is 5.97 Å². The van der Waals surface area contributed by atoms with Crippen LogP contribution in [0.15, 0.2) is 48.5 Å². The molecule has 1 aliphatic rings. The summed E-state index contributed by atoms with van der Waals surface area (Å²) in [7, 11) is 0. The number of rotatable bonds is 5. The first kappa shape index (κ1) is 15.8. The Balaban J connectivity index is 1.67. The van der Waals surface area contributed by atoms with Crippen molar-refractivity contribution in [1.29, 1.82) is 0 Å². The van der Waals surface area contributed by atoms with Crippen LogP contribution in [0.5, 0.6) is 0 Å². The van der Waals surface area contributed by atoms with E-state index in [1.54, 1.807) is 0 Å². The van der Waals surface area contributed by atoms with Crippen LogP contribution in [0.25, 0.3) is 16.7 Å². The standard InChI is InChI=1S/C19H20N4O2/c24-19(25)12-15-7-5-11-22(15)13-14-6-1-3-9-17(14)23-18-10-4-2-8-16(18)20-21-23/h1-4,6,8-10,15H,5,7,11-13H2,(H,24,25). The van der Waals surface area contributed by atoms with Gasteiger partial charge in [-0.2, -0.15) is 0 Å². The van der Waals surface area contributed by atoms with Crippen LogP contribution < -0.4 is 0 Å². The molecule has 0 saturated carbocycles. The monoisotopic (exact) mass is 336 g/mol. The molecule has 2 heterocycles. The second kappa shape index (κ2) is 6.64. The highest BCUT2D eigenvalue weighted by molar-refractivity contribution is 5.76. The highest BCUT2D eigenvalue weighted by Gasteiger charge is 2.27. The molecule has 6 nitrogen and oxygen atoms in total. The van der Waals surface area contributed by atoms with E-state index in [1.165, 1.54) is 0 Å². The number of fused-ring (bicyclic) bond motifs is 1. The van der Waals surface area contributed by atoms with E-state index >= 15 is 0 Å². The molecule has 0 spiro atoms. The maximum Gasteiger partial charge on any atom is 0.304 e. The summed E-state index contributed by atoms with van der Waals surface area (Å²) in [6.07, 6.45) is 2.20. The van der Waals surface area contributed by atoms with Crippen LogP contribution in [0.1, 0.15) is 24.8 Å². The molecule has 1 fully saturated rings. The molecule has 0 aliphatic carbocycles. The molecule has 128 valence electrons. The second-order valence-electron chi connectivity index (χ2n) is 6.48. The summed E-state index contributed by atoms with van der Waals surface area (Å²) in [5.74, 6) is -0.729. The third-order valence-corrected chi connectivity index (χ3v) is 4.85. The third kappa shape index (κ3) is 3.13. The normalized spacial score (nSPS) is 18.0. The summed E-state index contributed by atoms with van der Waals surface area (Å²) in [5.41, 5.74) is 3.97. The lowest BCUT2D eigenvalue weighted by atomic mass is 10.1. The van der Waals surface area contributed by atoms with Crippen molar-refractivity contribution in [3.05, 3.63) is 54.1 Å². The molecule has 1 saturated heterocycles. The molecule has 4 rings (SSSR count). The minimum Gasteiger partial charge on any atom is -0.481 e. The molecule has 0 bridgehead atoms.